The van der Waals surface area contributed by atoms with Gasteiger partial charge in [-0.15, -0.1) is 0 Å². The zero-order valence-electron chi connectivity index (χ0n) is 10.1. The molecule has 0 unspecified atom stereocenters. The van der Waals surface area contributed by atoms with E-state index in [0.29, 0.717) is 0 Å². The molecule has 3 heteroatoms. The largest absolute Gasteiger partial charge is 0.370 e. The van der Waals surface area contributed by atoms with Crippen LogP contribution < -0.4 is 5.73 Å². The molecule has 2 N–H and O–H groups in total. The first-order valence-corrected chi connectivity index (χ1v) is 6.42. The van der Waals surface area contributed by atoms with E-state index in [2.05, 4.69) is 40.2 Å². The van der Waals surface area contributed by atoms with E-state index in [-0.39, 0.29) is 5.54 Å². The highest BCUT2D eigenvalue weighted by Gasteiger charge is 2.43. The van der Waals surface area contributed by atoms with Crippen LogP contribution in [-0.4, -0.2) is 22.9 Å². The SMILES string of the molecule is NC1=NCC2(CCCC2)N1Cc1ccccc1. The van der Waals surface area contributed by atoms with Crippen LogP contribution in [0.25, 0.3) is 0 Å². The highest BCUT2D eigenvalue weighted by molar-refractivity contribution is 5.81. The Morgan fingerprint density at radius 3 is 2.59 bits per heavy atom. The minimum atomic E-state index is 0.236. The molecule has 2 aliphatic rings. The van der Waals surface area contributed by atoms with Gasteiger partial charge in [0.15, 0.2) is 5.96 Å². The lowest BCUT2D eigenvalue weighted by Crippen LogP contribution is -2.49. The Labute approximate surface area is 102 Å². The maximum atomic E-state index is 6.06. The number of rotatable bonds is 2. The number of benzene rings is 1. The van der Waals surface area contributed by atoms with Gasteiger partial charge in [-0.3, -0.25) is 4.99 Å². The first-order chi connectivity index (χ1) is 8.30. The van der Waals surface area contributed by atoms with Gasteiger partial charge in [-0.1, -0.05) is 43.2 Å². The number of hydrogen-bond donors (Lipinski definition) is 1. The fraction of sp³-hybridized carbons (Fsp3) is 0.500. The third-order valence-corrected chi connectivity index (χ3v) is 4.10. The zero-order valence-corrected chi connectivity index (χ0v) is 10.1. The van der Waals surface area contributed by atoms with Gasteiger partial charge in [-0.05, 0) is 18.4 Å². The van der Waals surface area contributed by atoms with E-state index in [9.17, 15) is 0 Å². The summed E-state index contributed by atoms with van der Waals surface area (Å²) in [5.74, 6) is 0.732. The topological polar surface area (TPSA) is 41.6 Å². The average Bonchev–Trinajstić information content (AvgIpc) is 2.94. The molecule has 90 valence electrons. The molecule has 0 amide bonds. The van der Waals surface area contributed by atoms with Gasteiger partial charge in [0.1, 0.15) is 0 Å². The number of guanidine groups is 1. The van der Waals surface area contributed by atoms with Crippen LogP contribution in [0.15, 0.2) is 35.3 Å². The third-order valence-electron chi connectivity index (χ3n) is 4.10. The van der Waals surface area contributed by atoms with E-state index in [4.69, 9.17) is 5.73 Å². The molecule has 3 nitrogen and oxygen atoms in total. The fourth-order valence-corrected chi connectivity index (χ4v) is 3.12. The first kappa shape index (κ1) is 10.6. The molecule has 17 heavy (non-hydrogen) atoms. The molecule has 1 saturated carbocycles. The van der Waals surface area contributed by atoms with Gasteiger partial charge in [0, 0.05) is 6.54 Å². The Balaban J connectivity index is 1.82. The molecule has 0 saturated heterocycles. The summed E-state index contributed by atoms with van der Waals surface area (Å²) >= 11 is 0. The Kier molecular flexibility index (Phi) is 2.54. The van der Waals surface area contributed by atoms with Crippen molar-refractivity contribution in [1.29, 1.82) is 0 Å². The fourth-order valence-electron chi connectivity index (χ4n) is 3.12. The quantitative estimate of drug-likeness (QED) is 0.844. The first-order valence-electron chi connectivity index (χ1n) is 6.42. The number of hydrogen-bond acceptors (Lipinski definition) is 3. The number of aliphatic imine (C=N–C) groups is 1. The summed E-state index contributed by atoms with van der Waals surface area (Å²) in [4.78, 5) is 6.80. The molecule has 3 rings (SSSR count). The summed E-state index contributed by atoms with van der Waals surface area (Å²) in [6.45, 7) is 1.79. The van der Waals surface area contributed by atoms with Gasteiger partial charge < -0.3 is 10.6 Å². The molecular formula is C14H19N3. The highest BCUT2D eigenvalue weighted by atomic mass is 15.4. The molecule has 1 fully saturated rings. The molecule has 0 atom stereocenters. The highest BCUT2D eigenvalue weighted by Crippen LogP contribution is 2.39. The smallest absolute Gasteiger partial charge is 0.192 e. The summed E-state index contributed by atoms with van der Waals surface area (Å²) in [6.07, 6.45) is 5.11. The van der Waals surface area contributed by atoms with Crippen molar-refractivity contribution in [2.75, 3.05) is 6.54 Å². The van der Waals surface area contributed by atoms with Gasteiger partial charge >= 0.3 is 0 Å². The summed E-state index contributed by atoms with van der Waals surface area (Å²) in [6, 6.07) is 10.5. The number of nitrogens with zero attached hydrogens (tertiary/aromatic N) is 2. The van der Waals surface area contributed by atoms with Crippen LogP contribution in [0.5, 0.6) is 0 Å². The summed E-state index contributed by atoms with van der Waals surface area (Å²) in [5.41, 5.74) is 7.61. The molecule has 1 aromatic carbocycles. The molecule has 1 spiro atoms. The van der Waals surface area contributed by atoms with Crippen molar-refractivity contribution in [2.45, 2.75) is 37.8 Å². The Morgan fingerprint density at radius 1 is 1.18 bits per heavy atom. The molecule has 1 heterocycles. The second-order valence-corrected chi connectivity index (χ2v) is 5.18. The van der Waals surface area contributed by atoms with Gasteiger partial charge in [0.05, 0.1) is 12.1 Å². The van der Waals surface area contributed by atoms with Crippen molar-refractivity contribution >= 4 is 5.96 Å². The minimum Gasteiger partial charge on any atom is -0.370 e. The van der Waals surface area contributed by atoms with Crippen LogP contribution in [-0.2, 0) is 6.54 Å². The van der Waals surface area contributed by atoms with Gasteiger partial charge in [0.25, 0.3) is 0 Å². The van der Waals surface area contributed by atoms with Crippen LogP contribution in [0.1, 0.15) is 31.2 Å². The lowest BCUT2D eigenvalue weighted by atomic mass is 9.96. The van der Waals surface area contributed by atoms with Crippen molar-refractivity contribution in [3.63, 3.8) is 0 Å². The molecule has 1 aliphatic carbocycles. The molecule has 0 bridgehead atoms. The molecule has 1 aromatic rings. The van der Waals surface area contributed by atoms with Crippen molar-refractivity contribution in [3.8, 4) is 0 Å². The lowest BCUT2D eigenvalue weighted by Gasteiger charge is -2.36. The van der Waals surface area contributed by atoms with Crippen LogP contribution in [0.2, 0.25) is 0 Å². The lowest BCUT2D eigenvalue weighted by molar-refractivity contribution is 0.199. The maximum Gasteiger partial charge on any atom is 0.192 e. The van der Waals surface area contributed by atoms with Crippen molar-refractivity contribution in [3.05, 3.63) is 35.9 Å². The summed E-state index contributed by atoms with van der Waals surface area (Å²) in [7, 11) is 0. The molecule has 0 aromatic heterocycles. The van der Waals surface area contributed by atoms with Crippen LogP contribution >= 0.6 is 0 Å². The second-order valence-electron chi connectivity index (χ2n) is 5.18. The molecular weight excluding hydrogens is 210 g/mol. The van der Waals surface area contributed by atoms with Crippen LogP contribution in [0.3, 0.4) is 0 Å². The van der Waals surface area contributed by atoms with E-state index in [1.54, 1.807) is 0 Å². The van der Waals surface area contributed by atoms with Crippen LogP contribution in [0.4, 0.5) is 0 Å². The summed E-state index contributed by atoms with van der Waals surface area (Å²) in [5, 5.41) is 0. The molecule has 1 aliphatic heterocycles. The van der Waals surface area contributed by atoms with Gasteiger partial charge in [0.2, 0.25) is 0 Å². The summed E-state index contributed by atoms with van der Waals surface area (Å²) < 4.78 is 0. The van der Waals surface area contributed by atoms with E-state index in [0.717, 1.165) is 19.0 Å². The van der Waals surface area contributed by atoms with Crippen molar-refractivity contribution in [2.24, 2.45) is 10.7 Å². The Morgan fingerprint density at radius 2 is 1.88 bits per heavy atom. The Bertz CT molecular complexity index is 418. The average molecular weight is 229 g/mol. The monoisotopic (exact) mass is 229 g/mol. The second kappa shape index (κ2) is 4.06. The van der Waals surface area contributed by atoms with Crippen molar-refractivity contribution < 1.29 is 0 Å². The van der Waals surface area contributed by atoms with E-state index in [1.807, 2.05) is 0 Å². The number of nitrogens with two attached hydrogens (primary N) is 1. The molecule has 0 radical (unpaired) electrons. The van der Waals surface area contributed by atoms with E-state index >= 15 is 0 Å². The Hall–Kier alpha value is -1.51. The van der Waals surface area contributed by atoms with Gasteiger partial charge in [-0.25, -0.2) is 0 Å². The predicted molar refractivity (Wildman–Crippen MR) is 69.7 cm³/mol. The van der Waals surface area contributed by atoms with E-state index in [1.165, 1.54) is 31.2 Å². The maximum absolute atomic E-state index is 6.06. The minimum absolute atomic E-state index is 0.236. The van der Waals surface area contributed by atoms with Crippen LogP contribution in [0, 0.1) is 0 Å². The normalized spacial score (nSPS) is 22.1. The standard InChI is InChI=1S/C14H19N3/c15-13-16-11-14(8-4-5-9-14)17(13)10-12-6-2-1-3-7-12/h1-3,6-7H,4-5,8-11H2,(H2,15,16). The predicted octanol–water partition coefficient (Wildman–Crippen LogP) is 2.13. The van der Waals surface area contributed by atoms with E-state index < -0.39 is 0 Å². The zero-order chi connectivity index (χ0) is 11.7. The van der Waals surface area contributed by atoms with Gasteiger partial charge in [-0.2, -0.15) is 0 Å². The third kappa shape index (κ3) is 1.79. The van der Waals surface area contributed by atoms with Crippen molar-refractivity contribution in [1.82, 2.24) is 4.90 Å².